The van der Waals surface area contributed by atoms with Gasteiger partial charge >= 0.3 is 0 Å². The molecule has 0 radical (unpaired) electrons. The first-order valence-corrected chi connectivity index (χ1v) is 8.22. The van der Waals surface area contributed by atoms with Gasteiger partial charge in [0.2, 0.25) is 0 Å². The van der Waals surface area contributed by atoms with Crippen molar-refractivity contribution in [1.82, 2.24) is 19.5 Å². The Bertz CT molecular complexity index is 1210. The SMILES string of the molecule is Cc1oc2ccccc2c1CN(C)Cc1cc(=O)n2[nH]cc(C#N)c2n1. The summed E-state index contributed by atoms with van der Waals surface area (Å²) >= 11 is 0. The van der Waals surface area contributed by atoms with Gasteiger partial charge in [-0.15, -0.1) is 0 Å². The molecule has 7 nitrogen and oxygen atoms in total. The van der Waals surface area contributed by atoms with Crippen LogP contribution in [0.4, 0.5) is 0 Å². The van der Waals surface area contributed by atoms with Gasteiger partial charge in [-0.3, -0.25) is 14.8 Å². The maximum Gasteiger partial charge on any atom is 0.272 e. The van der Waals surface area contributed by atoms with Crippen LogP contribution < -0.4 is 5.56 Å². The summed E-state index contributed by atoms with van der Waals surface area (Å²) in [5, 5.41) is 13.0. The number of aryl methyl sites for hydroxylation is 1. The molecule has 0 aliphatic heterocycles. The molecule has 3 heterocycles. The van der Waals surface area contributed by atoms with Gasteiger partial charge < -0.3 is 4.42 Å². The number of H-pyrrole nitrogens is 1. The minimum Gasteiger partial charge on any atom is -0.461 e. The van der Waals surface area contributed by atoms with Crippen molar-refractivity contribution >= 4 is 16.6 Å². The average Bonchev–Trinajstić information content (AvgIpc) is 3.16. The second-order valence-electron chi connectivity index (χ2n) is 6.35. The summed E-state index contributed by atoms with van der Waals surface area (Å²) in [5.41, 5.74) is 3.10. The van der Waals surface area contributed by atoms with Crippen LogP contribution in [0.25, 0.3) is 16.6 Å². The van der Waals surface area contributed by atoms with E-state index < -0.39 is 0 Å². The largest absolute Gasteiger partial charge is 0.461 e. The minimum absolute atomic E-state index is 0.232. The number of nitrogens with one attached hydrogen (secondary N) is 1. The van der Waals surface area contributed by atoms with E-state index in [0.29, 0.717) is 30.0 Å². The summed E-state index contributed by atoms with van der Waals surface area (Å²) < 4.78 is 7.08. The van der Waals surface area contributed by atoms with E-state index in [1.807, 2.05) is 44.3 Å². The molecule has 0 spiro atoms. The molecular formula is C19H17N5O2. The monoisotopic (exact) mass is 347 g/mol. The number of aromatic nitrogens is 3. The first kappa shape index (κ1) is 16.1. The van der Waals surface area contributed by atoms with Crippen LogP contribution >= 0.6 is 0 Å². The Morgan fingerprint density at radius 2 is 2.15 bits per heavy atom. The highest BCUT2D eigenvalue weighted by molar-refractivity contribution is 5.82. The molecule has 0 fully saturated rings. The molecule has 7 heteroatoms. The molecule has 0 amide bonds. The van der Waals surface area contributed by atoms with Crippen molar-refractivity contribution in [3.05, 3.63) is 69.5 Å². The second kappa shape index (κ2) is 6.17. The molecule has 1 N–H and O–H groups in total. The van der Waals surface area contributed by atoms with Crippen LogP contribution in [0.2, 0.25) is 0 Å². The predicted molar refractivity (Wildman–Crippen MR) is 96.6 cm³/mol. The number of hydrogen-bond acceptors (Lipinski definition) is 5. The zero-order valence-corrected chi connectivity index (χ0v) is 14.5. The number of fused-ring (bicyclic) bond motifs is 2. The first-order valence-electron chi connectivity index (χ1n) is 8.22. The van der Waals surface area contributed by atoms with Crippen LogP contribution in [0.15, 0.2) is 45.7 Å². The van der Waals surface area contributed by atoms with Gasteiger partial charge in [0, 0.05) is 36.3 Å². The van der Waals surface area contributed by atoms with Crippen molar-refractivity contribution < 1.29 is 4.42 Å². The summed E-state index contributed by atoms with van der Waals surface area (Å²) in [6, 6.07) is 11.5. The lowest BCUT2D eigenvalue weighted by atomic mass is 10.1. The van der Waals surface area contributed by atoms with Crippen LogP contribution in [0, 0.1) is 18.3 Å². The molecule has 0 aliphatic rings. The number of aromatic amines is 1. The van der Waals surface area contributed by atoms with Gasteiger partial charge in [-0.05, 0) is 20.0 Å². The summed E-state index contributed by atoms with van der Waals surface area (Å²) in [7, 11) is 1.97. The number of nitrogens with zero attached hydrogens (tertiary/aromatic N) is 4. The molecule has 0 saturated carbocycles. The van der Waals surface area contributed by atoms with E-state index in [-0.39, 0.29) is 5.56 Å². The van der Waals surface area contributed by atoms with E-state index in [1.165, 1.54) is 16.8 Å². The van der Waals surface area contributed by atoms with E-state index >= 15 is 0 Å². The van der Waals surface area contributed by atoms with Crippen LogP contribution in [0.3, 0.4) is 0 Å². The molecule has 1 aromatic carbocycles. The third-order valence-electron chi connectivity index (χ3n) is 4.43. The Balaban J connectivity index is 1.63. The van der Waals surface area contributed by atoms with Gasteiger partial charge in [0.05, 0.1) is 5.69 Å². The second-order valence-corrected chi connectivity index (χ2v) is 6.35. The molecule has 130 valence electrons. The van der Waals surface area contributed by atoms with E-state index in [2.05, 4.69) is 15.0 Å². The lowest BCUT2D eigenvalue weighted by Crippen LogP contribution is -2.22. The Morgan fingerprint density at radius 3 is 2.96 bits per heavy atom. The molecule has 26 heavy (non-hydrogen) atoms. The van der Waals surface area contributed by atoms with Crippen LogP contribution in [-0.2, 0) is 13.1 Å². The quantitative estimate of drug-likeness (QED) is 0.613. The topological polar surface area (TPSA) is 90.3 Å². The number of nitriles is 1. The Hall–Kier alpha value is -3.37. The van der Waals surface area contributed by atoms with E-state index in [9.17, 15) is 4.79 Å². The predicted octanol–water partition coefficient (Wildman–Crippen LogP) is 2.58. The molecular weight excluding hydrogens is 330 g/mol. The highest BCUT2D eigenvalue weighted by Gasteiger charge is 2.14. The summed E-state index contributed by atoms with van der Waals surface area (Å²) in [4.78, 5) is 18.7. The number of para-hydroxylation sites is 1. The van der Waals surface area contributed by atoms with Crippen LogP contribution in [-0.4, -0.2) is 26.5 Å². The Labute approximate surface area is 149 Å². The molecule has 0 unspecified atom stereocenters. The van der Waals surface area contributed by atoms with Gasteiger partial charge in [0.1, 0.15) is 23.0 Å². The lowest BCUT2D eigenvalue weighted by molar-refractivity contribution is 0.313. The zero-order valence-electron chi connectivity index (χ0n) is 14.5. The van der Waals surface area contributed by atoms with E-state index in [1.54, 1.807) is 0 Å². The summed E-state index contributed by atoms with van der Waals surface area (Å²) in [6.45, 7) is 3.11. The maximum absolute atomic E-state index is 12.2. The molecule has 4 rings (SSSR count). The molecule has 0 bridgehead atoms. The molecule has 0 aliphatic carbocycles. The molecule has 0 saturated heterocycles. The Morgan fingerprint density at radius 1 is 1.35 bits per heavy atom. The van der Waals surface area contributed by atoms with Crippen molar-refractivity contribution in [2.45, 2.75) is 20.0 Å². The average molecular weight is 347 g/mol. The lowest BCUT2D eigenvalue weighted by Gasteiger charge is -2.16. The normalized spacial score (nSPS) is 11.5. The standard InChI is InChI=1S/C19H17N5O2/c1-12-16(15-5-3-4-6-17(15)26-12)11-23(2)10-14-7-18(25)24-19(22-14)13(8-20)9-21-24/h3-7,9,21H,10-11H2,1-2H3. The fourth-order valence-corrected chi connectivity index (χ4v) is 3.21. The number of benzene rings is 1. The number of furan rings is 1. The van der Waals surface area contributed by atoms with Crippen molar-refractivity contribution in [3.8, 4) is 6.07 Å². The van der Waals surface area contributed by atoms with Crippen molar-refractivity contribution in [2.75, 3.05) is 7.05 Å². The minimum atomic E-state index is -0.232. The highest BCUT2D eigenvalue weighted by Crippen LogP contribution is 2.26. The summed E-state index contributed by atoms with van der Waals surface area (Å²) in [5.74, 6) is 0.888. The maximum atomic E-state index is 12.2. The summed E-state index contributed by atoms with van der Waals surface area (Å²) in [6.07, 6.45) is 1.48. The van der Waals surface area contributed by atoms with Gasteiger partial charge in [-0.25, -0.2) is 9.50 Å². The third-order valence-corrected chi connectivity index (χ3v) is 4.43. The molecule has 3 aromatic heterocycles. The first-order chi connectivity index (χ1) is 12.6. The number of hydrogen-bond donors (Lipinski definition) is 1. The molecule has 0 atom stereocenters. The van der Waals surface area contributed by atoms with Gasteiger partial charge in [-0.1, -0.05) is 18.2 Å². The van der Waals surface area contributed by atoms with Crippen molar-refractivity contribution in [2.24, 2.45) is 0 Å². The van der Waals surface area contributed by atoms with Crippen molar-refractivity contribution in [1.29, 1.82) is 5.26 Å². The van der Waals surface area contributed by atoms with Crippen LogP contribution in [0.1, 0.15) is 22.6 Å². The highest BCUT2D eigenvalue weighted by atomic mass is 16.3. The fraction of sp³-hybridized carbons (Fsp3) is 0.211. The van der Waals surface area contributed by atoms with Crippen molar-refractivity contribution in [3.63, 3.8) is 0 Å². The smallest absolute Gasteiger partial charge is 0.272 e. The van der Waals surface area contributed by atoms with Gasteiger partial charge in [0.15, 0.2) is 5.65 Å². The fourth-order valence-electron chi connectivity index (χ4n) is 3.21. The number of rotatable bonds is 4. The van der Waals surface area contributed by atoms with E-state index in [0.717, 1.165) is 22.3 Å². The molecule has 4 aromatic rings. The van der Waals surface area contributed by atoms with E-state index in [4.69, 9.17) is 9.68 Å². The third kappa shape index (κ3) is 2.66. The van der Waals surface area contributed by atoms with Gasteiger partial charge in [0.25, 0.3) is 5.56 Å². The van der Waals surface area contributed by atoms with Crippen LogP contribution in [0.5, 0.6) is 0 Å². The Kier molecular flexibility index (Phi) is 3.82. The zero-order chi connectivity index (χ0) is 18.3. The van der Waals surface area contributed by atoms with Gasteiger partial charge in [-0.2, -0.15) is 5.26 Å².